The summed E-state index contributed by atoms with van der Waals surface area (Å²) in [4.78, 5) is 30.3. The summed E-state index contributed by atoms with van der Waals surface area (Å²) in [5.74, 6) is 2.16. The number of fused-ring (bicyclic) bond motifs is 1. The molecule has 150 valence electrons. The Morgan fingerprint density at radius 2 is 1.83 bits per heavy atom. The number of hydrogen-bond acceptors (Lipinski definition) is 5. The minimum Gasteiger partial charge on any atom is -0.454 e. The molecule has 0 N–H and O–H groups in total. The molecule has 2 aromatic rings. The van der Waals surface area contributed by atoms with Gasteiger partial charge in [-0.05, 0) is 41.6 Å². The van der Waals surface area contributed by atoms with Gasteiger partial charge in [-0.2, -0.15) is 0 Å². The Bertz CT molecular complexity index is 948. The van der Waals surface area contributed by atoms with E-state index >= 15 is 0 Å². The number of benzene rings is 1. The fourth-order valence-corrected chi connectivity index (χ4v) is 4.86. The van der Waals surface area contributed by atoms with Gasteiger partial charge in [0, 0.05) is 49.0 Å². The molecule has 1 aromatic heterocycles. The summed E-state index contributed by atoms with van der Waals surface area (Å²) in [6, 6.07) is 9.77. The van der Waals surface area contributed by atoms with Crippen molar-refractivity contribution >= 4 is 29.2 Å². The Balaban J connectivity index is 1.13. The third kappa shape index (κ3) is 3.74. The van der Waals surface area contributed by atoms with Gasteiger partial charge in [-0.25, -0.2) is 0 Å². The number of rotatable bonds is 4. The van der Waals surface area contributed by atoms with Crippen LogP contribution in [0.25, 0.3) is 6.08 Å². The first kappa shape index (κ1) is 18.2. The smallest absolute Gasteiger partial charge is 0.246 e. The van der Waals surface area contributed by atoms with Crippen molar-refractivity contribution in [1.82, 2.24) is 9.80 Å². The predicted octanol–water partition coefficient (Wildman–Crippen LogP) is 2.96. The number of nitrogens with zero attached hydrogens (tertiary/aromatic N) is 2. The second kappa shape index (κ2) is 7.55. The Morgan fingerprint density at radius 1 is 1.03 bits per heavy atom. The van der Waals surface area contributed by atoms with Gasteiger partial charge in [-0.1, -0.05) is 12.1 Å². The molecular weight excluding hydrogens is 388 g/mol. The maximum Gasteiger partial charge on any atom is 0.246 e. The van der Waals surface area contributed by atoms with Gasteiger partial charge in [-0.15, -0.1) is 11.3 Å². The minimum absolute atomic E-state index is 0.0300. The Labute approximate surface area is 173 Å². The quantitative estimate of drug-likeness (QED) is 0.728. The summed E-state index contributed by atoms with van der Waals surface area (Å²) in [5, 5.41) is 2.07. The van der Waals surface area contributed by atoms with Crippen LogP contribution in [0.4, 0.5) is 0 Å². The fraction of sp³-hybridized carbons (Fsp3) is 0.364. The third-order valence-electron chi connectivity index (χ3n) is 5.73. The molecule has 5 rings (SSSR count). The average molecular weight is 410 g/mol. The molecule has 2 amide bonds. The zero-order valence-corrected chi connectivity index (χ0v) is 16.8. The summed E-state index contributed by atoms with van der Waals surface area (Å²) in [5.41, 5.74) is 0.893. The number of carbonyl (C=O) groups is 2. The van der Waals surface area contributed by atoms with Crippen molar-refractivity contribution in [2.24, 2.45) is 5.92 Å². The molecule has 7 heteroatoms. The molecule has 2 aliphatic heterocycles. The molecule has 1 aromatic carbocycles. The first-order chi connectivity index (χ1) is 14.2. The Hall–Kier alpha value is -2.80. The zero-order valence-electron chi connectivity index (χ0n) is 16.0. The lowest BCUT2D eigenvalue weighted by atomic mass is 10.2. The van der Waals surface area contributed by atoms with Crippen LogP contribution in [0.1, 0.15) is 22.8 Å². The molecule has 29 heavy (non-hydrogen) atoms. The van der Waals surface area contributed by atoms with Crippen molar-refractivity contribution in [3.8, 4) is 11.5 Å². The summed E-state index contributed by atoms with van der Waals surface area (Å²) in [6.07, 6.45) is 4.33. The van der Waals surface area contributed by atoms with Crippen molar-refractivity contribution < 1.29 is 19.1 Å². The average Bonchev–Trinajstić information content (AvgIpc) is 3.15. The molecule has 3 heterocycles. The molecular formula is C22H22N2O4S. The summed E-state index contributed by atoms with van der Waals surface area (Å²) >= 11 is 1.73. The van der Waals surface area contributed by atoms with Gasteiger partial charge in [0.1, 0.15) is 0 Å². The van der Waals surface area contributed by atoms with E-state index < -0.39 is 0 Å². The van der Waals surface area contributed by atoms with Gasteiger partial charge in [0.05, 0.1) is 0 Å². The van der Waals surface area contributed by atoms with Gasteiger partial charge < -0.3 is 19.3 Å². The van der Waals surface area contributed by atoms with Crippen molar-refractivity contribution in [1.29, 1.82) is 0 Å². The minimum atomic E-state index is -0.0300. The van der Waals surface area contributed by atoms with Gasteiger partial charge in [0.25, 0.3) is 0 Å². The maximum absolute atomic E-state index is 12.7. The third-order valence-corrected chi connectivity index (χ3v) is 6.74. The van der Waals surface area contributed by atoms with E-state index in [0.29, 0.717) is 37.8 Å². The molecule has 2 fully saturated rings. The highest BCUT2D eigenvalue weighted by Gasteiger charge is 2.46. The SMILES string of the molecule is O=C(/C=C/c1ccc2c(c1)OCO2)N1CCN(C(=O)C2CC2c2cccs2)CC1. The van der Waals surface area contributed by atoms with E-state index in [2.05, 4.69) is 11.4 Å². The lowest BCUT2D eigenvalue weighted by Gasteiger charge is -2.34. The molecule has 0 radical (unpaired) electrons. The van der Waals surface area contributed by atoms with E-state index in [-0.39, 0.29) is 24.5 Å². The van der Waals surface area contributed by atoms with Crippen LogP contribution in [0.5, 0.6) is 11.5 Å². The fourth-order valence-electron chi connectivity index (χ4n) is 3.96. The van der Waals surface area contributed by atoms with E-state index in [0.717, 1.165) is 17.7 Å². The van der Waals surface area contributed by atoms with Crippen LogP contribution in [-0.4, -0.2) is 54.6 Å². The molecule has 0 bridgehead atoms. The van der Waals surface area contributed by atoms with Crippen LogP contribution in [0, 0.1) is 5.92 Å². The van der Waals surface area contributed by atoms with E-state index in [1.165, 1.54) is 4.88 Å². The molecule has 6 nitrogen and oxygen atoms in total. The first-order valence-corrected chi connectivity index (χ1v) is 10.8. The number of carbonyl (C=O) groups excluding carboxylic acids is 2. The highest BCUT2D eigenvalue weighted by atomic mass is 32.1. The standard InChI is InChI=1S/C22H22N2O4S/c25-21(6-4-15-3-5-18-19(12-15)28-14-27-18)23-7-9-24(10-8-23)22(26)17-13-16(17)20-2-1-11-29-20/h1-6,11-12,16-17H,7-10,13-14H2/b6-4+. The second-order valence-corrected chi connectivity index (χ2v) is 8.54. The molecule has 1 saturated carbocycles. The lowest BCUT2D eigenvalue weighted by Crippen LogP contribution is -2.50. The van der Waals surface area contributed by atoms with Crippen molar-refractivity contribution in [3.05, 3.63) is 52.2 Å². The summed E-state index contributed by atoms with van der Waals surface area (Å²) < 4.78 is 10.7. The van der Waals surface area contributed by atoms with Crippen molar-refractivity contribution in [3.63, 3.8) is 0 Å². The number of amides is 2. The van der Waals surface area contributed by atoms with Gasteiger partial charge in [0.15, 0.2) is 11.5 Å². The van der Waals surface area contributed by atoms with Crippen LogP contribution >= 0.6 is 11.3 Å². The summed E-state index contributed by atoms with van der Waals surface area (Å²) in [7, 11) is 0. The first-order valence-electron chi connectivity index (χ1n) is 9.88. The normalized spacial score (nSPS) is 22.9. The van der Waals surface area contributed by atoms with Crippen LogP contribution < -0.4 is 9.47 Å². The van der Waals surface area contributed by atoms with Crippen LogP contribution in [0.2, 0.25) is 0 Å². The molecule has 1 saturated heterocycles. The Morgan fingerprint density at radius 3 is 2.62 bits per heavy atom. The van der Waals surface area contributed by atoms with Crippen molar-refractivity contribution in [2.75, 3.05) is 33.0 Å². The van der Waals surface area contributed by atoms with Gasteiger partial charge in [0.2, 0.25) is 18.6 Å². The van der Waals surface area contributed by atoms with E-state index in [4.69, 9.17) is 9.47 Å². The number of hydrogen-bond donors (Lipinski definition) is 0. The maximum atomic E-state index is 12.7. The topological polar surface area (TPSA) is 59.1 Å². The summed E-state index contributed by atoms with van der Waals surface area (Å²) in [6.45, 7) is 2.60. The monoisotopic (exact) mass is 410 g/mol. The van der Waals surface area contributed by atoms with E-state index in [9.17, 15) is 9.59 Å². The van der Waals surface area contributed by atoms with Crippen LogP contribution in [0.3, 0.4) is 0 Å². The van der Waals surface area contributed by atoms with Gasteiger partial charge in [-0.3, -0.25) is 9.59 Å². The van der Waals surface area contributed by atoms with E-state index in [1.807, 2.05) is 29.2 Å². The number of piperazine rings is 1. The van der Waals surface area contributed by atoms with Crippen LogP contribution in [0.15, 0.2) is 41.8 Å². The lowest BCUT2D eigenvalue weighted by molar-refractivity contribution is -0.138. The molecule has 2 atom stereocenters. The van der Waals surface area contributed by atoms with Crippen molar-refractivity contribution in [2.45, 2.75) is 12.3 Å². The van der Waals surface area contributed by atoms with Crippen LogP contribution in [-0.2, 0) is 9.59 Å². The molecule has 2 unspecified atom stereocenters. The van der Waals surface area contributed by atoms with E-state index in [1.54, 1.807) is 28.4 Å². The second-order valence-electron chi connectivity index (χ2n) is 7.56. The largest absolute Gasteiger partial charge is 0.454 e. The molecule has 1 aliphatic carbocycles. The molecule has 0 spiro atoms. The Kier molecular flexibility index (Phi) is 4.75. The highest BCUT2D eigenvalue weighted by molar-refractivity contribution is 7.10. The zero-order chi connectivity index (χ0) is 19.8. The highest BCUT2D eigenvalue weighted by Crippen LogP contribution is 2.50. The number of thiophene rings is 1. The predicted molar refractivity (Wildman–Crippen MR) is 110 cm³/mol. The molecule has 3 aliphatic rings. The van der Waals surface area contributed by atoms with Gasteiger partial charge >= 0.3 is 0 Å². The number of ether oxygens (including phenoxy) is 2.